The molecule has 1 atom stereocenters. The first-order chi connectivity index (χ1) is 27.0. The van der Waals surface area contributed by atoms with Crippen molar-refractivity contribution in [3.63, 3.8) is 0 Å². The molecular weight excluding hydrogens is 729 g/mol. The molecule has 0 spiro atoms. The van der Waals surface area contributed by atoms with Crippen molar-refractivity contribution < 1.29 is 24.1 Å². The number of nitrogens with one attached hydrogen (secondary N) is 4. The number of ether oxygens (including phenoxy) is 1. The summed E-state index contributed by atoms with van der Waals surface area (Å²) in [5.41, 5.74) is 5.67. The molecule has 4 aromatic rings. The SMILES string of the molecule is CCNC(=O)CC1N=C(c2ccc(Cl)cc2)c2cc(OCC(=O)NCc3cccc(C4CCN(C(=O)c5ccc([B]O)cc5)CC4)c3)ccc2N(C(C)=N)C1=N. The van der Waals surface area contributed by atoms with Gasteiger partial charge in [0.2, 0.25) is 5.91 Å². The maximum Gasteiger partial charge on any atom is 0.326 e. The maximum absolute atomic E-state index is 13.0. The lowest BCUT2D eigenvalue weighted by molar-refractivity contribution is -0.123. The molecule has 2 aliphatic rings. The van der Waals surface area contributed by atoms with Crippen LogP contribution in [0.5, 0.6) is 5.75 Å². The molecule has 12 nitrogen and oxygen atoms in total. The zero-order valence-corrected chi connectivity index (χ0v) is 32.1. The van der Waals surface area contributed by atoms with Gasteiger partial charge in [0, 0.05) is 47.9 Å². The number of aliphatic imine (C=N–C) groups is 1. The van der Waals surface area contributed by atoms with Crippen LogP contribution in [-0.2, 0) is 16.1 Å². The summed E-state index contributed by atoms with van der Waals surface area (Å²) in [5, 5.41) is 33.0. The van der Waals surface area contributed by atoms with Crippen molar-refractivity contribution in [3.8, 4) is 5.75 Å². The van der Waals surface area contributed by atoms with E-state index in [1.165, 1.54) is 10.5 Å². The molecule has 0 aromatic heterocycles. The van der Waals surface area contributed by atoms with E-state index in [1.807, 2.05) is 36.1 Å². The van der Waals surface area contributed by atoms with Gasteiger partial charge in [0.05, 0.1) is 17.8 Å². The number of amides is 3. The third kappa shape index (κ3) is 9.53. The van der Waals surface area contributed by atoms with Gasteiger partial charge in [-0.2, -0.15) is 0 Å². The normalized spacial score (nSPS) is 15.6. The highest BCUT2D eigenvalue weighted by Crippen LogP contribution is 2.33. The second-order valence-corrected chi connectivity index (χ2v) is 14.2. The molecule has 1 fully saturated rings. The summed E-state index contributed by atoms with van der Waals surface area (Å²) in [6.07, 6.45) is 1.59. The van der Waals surface area contributed by atoms with Crippen LogP contribution < -0.4 is 25.7 Å². The molecule has 6 rings (SSSR count). The molecule has 4 aromatic carbocycles. The number of rotatable bonds is 12. The molecule has 14 heteroatoms. The first kappa shape index (κ1) is 39.9. The molecule has 0 bridgehead atoms. The van der Waals surface area contributed by atoms with Crippen molar-refractivity contribution in [3.05, 3.63) is 124 Å². The molecule has 1 radical (unpaired) electrons. The average molecular weight is 773 g/mol. The highest BCUT2D eigenvalue weighted by Gasteiger charge is 2.32. The highest BCUT2D eigenvalue weighted by atomic mass is 35.5. The summed E-state index contributed by atoms with van der Waals surface area (Å²) >= 11 is 6.21. The van der Waals surface area contributed by atoms with E-state index in [0.29, 0.717) is 76.4 Å². The third-order valence-electron chi connectivity index (χ3n) is 9.88. The Labute approximate surface area is 332 Å². The van der Waals surface area contributed by atoms with E-state index in [2.05, 4.69) is 22.8 Å². The second-order valence-electron chi connectivity index (χ2n) is 13.8. The lowest BCUT2D eigenvalue weighted by Crippen LogP contribution is -2.42. The van der Waals surface area contributed by atoms with Crippen LogP contribution in [0, 0.1) is 10.8 Å². The number of piperidine rings is 1. The monoisotopic (exact) mass is 772 g/mol. The topological polar surface area (TPSA) is 171 Å². The standard InChI is InChI=1S/C42H44BClN7O5/c1-3-47-38(52)23-36-41(46)51(26(2)45)37-16-15-34(22-35(37)40(49-36)29-9-13-33(44)14-10-29)56-25-39(53)48-24-27-5-4-6-31(21-27)28-17-19-50(20-18-28)42(54)30-7-11-32(43-55)12-8-30/h4-16,21-22,28,36,45-46,55H,3,17-20,23-25H2,1-2H3,(H,47,52)(H,48,53). The van der Waals surface area contributed by atoms with Crippen LogP contribution in [0.2, 0.25) is 5.02 Å². The van der Waals surface area contributed by atoms with Crippen molar-refractivity contribution >= 4 is 65.3 Å². The van der Waals surface area contributed by atoms with Crippen LogP contribution in [0.25, 0.3) is 0 Å². The lowest BCUT2D eigenvalue weighted by Gasteiger charge is -2.32. The molecule has 1 saturated heterocycles. The van der Waals surface area contributed by atoms with Crippen molar-refractivity contribution in [2.75, 3.05) is 31.1 Å². The largest absolute Gasteiger partial charge is 0.484 e. The van der Waals surface area contributed by atoms with Crippen LogP contribution in [0.15, 0.2) is 96.0 Å². The Hall–Kier alpha value is -5.79. The van der Waals surface area contributed by atoms with Crippen molar-refractivity contribution in [2.24, 2.45) is 4.99 Å². The second kappa shape index (κ2) is 18.2. The Morgan fingerprint density at radius 1 is 0.964 bits per heavy atom. The Bertz CT molecular complexity index is 2140. The van der Waals surface area contributed by atoms with E-state index in [4.69, 9.17) is 32.1 Å². The van der Waals surface area contributed by atoms with Gasteiger partial charge in [-0.05, 0) is 86.2 Å². The molecule has 2 heterocycles. The molecule has 3 amide bonds. The van der Waals surface area contributed by atoms with Crippen LogP contribution in [-0.4, -0.2) is 84.8 Å². The maximum atomic E-state index is 13.0. The molecular formula is C42H44BClN7O5. The van der Waals surface area contributed by atoms with Gasteiger partial charge in [-0.1, -0.05) is 65.6 Å². The Morgan fingerprint density at radius 2 is 1.70 bits per heavy atom. The van der Waals surface area contributed by atoms with Crippen LogP contribution >= 0.6 is 11.6 Å². The number of hydrogen-bond acceptors (Lipinski definition) is 8. The fourth-order valence-corrected chi connectivity index (χ4v) is 7.14. The predicted octanol–water partition coefficient (Wildman–Crippen LogP) is 4.82. The summed E-state index contributed by atoms with van der Waals surface area (Å²) in [5.74, 6) is 0.180. The van der Waals surface area contributed by atoms with Crippen molar-refractivity contribution in [1.29, 1.82) is 10.8 Å². The number of benzodiazepines with no additional fused rings is 1. The molecule has 2 aliphatic heterocycles. The smallest absolute Gasteiger partial charge is 0.326 e. The molecule has 56 heavy (non-hydrogen) atoms. The number of amidine groups is 2. The van der Waals surface area contributed by atoms with Gasteiger partial charge in [-0.15, -0.1) is 0 Å². The van der Waals surface area contributed by atoms with Gasteiger partial charge in [-0.25, -0.2) is 0 Å². The Morgan fingerprint density at radius 3 is 2.38 bits per heavy atom. The van der Waals surface area contributed by atoms with E-state index in [-0.39, 0.29) is 42.4 Å². The predicted molar refractivity (Wildman–Crippen MR) is 220 cm³/mol. The third-order valence-corrected chi connectivity index (χ3v) is 10.1. The summed E-state index contributed by atoms with van der Waals surface area (Å²) < 4.78 is 5.98. The minimum Gasteiger partial charge on any atom is -0.484 e. The van der Waals surface area contributed by atoms with Gasteiger partial charge < -0.3 is 25.3 Å². The number of carbonyl (C=O) groups excluding carboxylic acids is 3. The van der Waals surface area contributed by atoms with Gasteiger partial charge in [0.25, 0.3) is 11.8 Å². The number of nitrogens with zero attached hydrogens (tertiary/aromatic N) is 3. The van der Waals surface area contributed by atoms with Crippen LogP contribution in [0.3, 0.4) is 0 Å². The minimum atomic E-state index is -0.869. The van der Waals surface area contributed by atoms with Gasteiger partial charge in [0.1, 0.15) is 23.5 Å². The van der Waals surface area contributed by atoms with Gasteiger partial charge >= 0.3 is 7.48 Å². The zero-order chi connectivity index (χ0) is 39.8. The Balaban J connectivity index is 1.10. The average Bonchev–Trinajstić information content (AvgIpc) is 3.33. The molecule has 1 unspecified atom stereocenters. The zero-order valence-electron chi connectivity index (χ0n) is 31.3. The van der Waals surface area contributed by atoms with E-state index in [1.54, 1.807) is 61.5 Å². The van der Waals surface area contributed by atoms with E-state index in [9.17, 15) is 19.4 Å². The molecule has 0 saturated carbocycles. The fourth-order valence-electron chi connectivity index (χ4n) is 7.01. The molecule has 0 aliphatic carbocycles. The number of benzene rings is 4. The van der Waals surface area contributed by atoms with Crippen LogP contribution in [0.4, 0.5) is 5.69 Å². The van der Waals surface area contributed by atoms with Crippen molar-refractivity contribution in [2.45, 2.75) is 51.6 Å². The first-order valence-corrected chi connectivity index (χ1v) is 19.0. The van der Waals surface area contributed by atoms with Crippen LogP contribution in [0.1, 0.15) is 71.6 Å². The van der Waals surface area contributed by atoms with E-state index in [0.717, 1.165) is 25.9 Å². The minimum absolute atomic E-state index is 0.00716. The number of hydrogen-bond donors (Lipinski definition) is 5. The first-order valence-electron chi connectivity index (χ1n) is 18.6. The molecule has 5 N–H and O–H groups in total. The summed E-state index contributed by atoms with van der Waals surface area (Å²) in [7, 11) is 1.01. The highest BCUT2D eigenvalue weighted by molar-refractivity contribution is 6.45. The molecule has 287 valence electrons. The summed E-state index contributed by atoms with van der Waals surface area (Å²) in [6.45, 7) is 5.19. The number of carbonyl (C=O) groups is 3. The number of fused-ring (bicyclic) bond motifs is 1. The lowest BCUT2D eigenvalue weighted by atomic mass is 9.87. The van der Waals surface area contributed by atoms with Gasteiger partial charge in [-0.3, -0.25) is 35.1 Å². The summed E-state index contributed by atoms with van der Waals surface area (Å²) in [6, 6.07) is 26.4. The quantitative estimate of drug-likeness (QED) is 0.0786. The van der Waals surface area contributed by atoms with Crippen molar-refractivity contribution in [1.82, 2.24) is 15.5 Å². The number of likely N-dealkylation sites (tertiary alicyclic amines) is 1. The van der Waals surface area contributed by atoms with E-state index >= 15 is 0 Å². The summed E-state index contributed by atoms with van der Waals surface area (Å²) in [4.78, 5) is 47.0. The Kier molecular flexibility index (Phi) is 13.0. The number of anilines is 1. The number of halogens is 1. The fraction of sp³-hybridized carbons (Fsp3) is 0.286. The van der Waals surface area contributed by atoms with E-state index < -0.39 is 6.04 Å². The van der Waals surface area contributed by atoms with Gasteiger partial charge in [0.15, 0.2) is 6.61 Å².